The van der Waals surface area contributed by atoms with E-state index < -0.39 is 44.4 Å². The van der Waals surface area contributed by atoms with Gasteiger partial charge in [0.05, 0.1) is 10.4 Å². The van der Waals surface area contributed by atoms with Crippen molar-refractivity contribution in [3.8, 4) is 0 Å². The Labute approximate surface area is 157 Å². The number of carbonyl (C=O) groups excluding carboxylic acids is 1. The molecule has 0 bridgehead atoms. The van der Waals surface area contributed by atoms with Crippen molar-refractivity contribution in [1.29, 1.82) is 0 Å². The first kappa shape index (κ1) is 19.5. The predicted octanol–water partition coefficient (Wildman–Crippen LogP) is 2.74. The minimum absolute atomic E-state index is 0.0619. The van der Waals surface area contributed by atoms with Crippen molar-refractivity contribution in [1.82, 2.24) is 10.2 Å². The lowest BCUT2D eigenvalue weighted by Gasteiger charge is -2.19. The van der Waals surface area contributed by atoms with Gasteiger partial charge in [0, 0.05) is 11.6 Å². The summed E-state index contributed by atoms with van der Waals surface area (Å²) in [6, 6.07) is 5.15. The first-order chi connectivity index (χ1) is 13.0. The third-order valence-electron chi connectivity index (χ3n) is 4.00. The van der Waals surface area contributed by atoms with Gasteiger partial charge in [-0.05, 0) is 36.8 Å². The Hall–Kier alpha value is -3.21. The van der Waals surface area contributed by atoms with Crippen LogP contribution >= 0.6 is 0 Å². The Morgan fingerprint density at radius 2 is 1.86 bits per heavy atom. The zero-order valence-corrected chi connectivity index (χ0v) is 15.4. The van der Waals surface area contributed by atoms with Crippen molar-refractivity contribution in [2.75, 3.05) is 11.4 Å². The molecule has 1 amide bonds. The smallest absolute Gasteiger partial charge is 0.271 e. The molecule has 0 fully saturated rings. The second kappa shape index (κ2) is 6.75. The fourth-order valence-electron chi connectivity index (χ4n) is 2.68. The van der Waals surface area contributed by atoms with E-state index >= 15 is 4.48 Å². The Morgan fingerprint density at radius 1 is 1.18 bits per heavy atom. The number of nitrogens with two attached hydrogens (primary N) is 1. The van der Waals surface area contributed by atoms with Crippen LogP contribution in [0.4, 0.5) is 24.6 Å². The lowest BCUT2D eigenvalue weighted by Crippen LogP contribution is -2.20. The number of aryl methyl sites for hydroxylation is 1. The molecule has 1 heterocycles. The third kappa shape index (κ3) is 3.24. The van der Waals surface area contributed by atoms with Crippen LogP contribution in [0.2, 0.25) is 0 Å². The van der Waals surface area contributed by atoms with Gasteiger partial charge >= 0.3 is 0 Å². The Kier molecular flexibility index (Phi) is 4.71. The number of carbonyl (C=O) groups is 1. The molecule has 0 spiro atoms. The molecule has 28 heavy (non-hydrogen) atoms. The number of primary amides is 1. The van der Waals surface area contributed by atoms with Crippen LogP contribution in [0.1, 0.15) is 16.1 Å². The number of halogens is 3. The zero-order chi connectivity index (χ0) is 20.8. The maximum atomic E-state index is 15.2. The van der Waals surface area contributed by atoms with Gasteiger partial charge in [-0.25, -0.2) is 17.2 Å². The highest BCUT2D eigenvalue weighted by atomic mass is 32.2. The topological polar surface area (TPSA) is 106 Å². The SMILES string of the molecule is Cc1cc(S(C)(=O)=O)cc2c(N(F)c3cccc(F)c3F)c(C(N)=O)nnc12. The van der Waals surface area contributed by atoms with Crippen LogP contribution in [0.5, 0.6) is 0 Å². The van der Waals surface area contributed by atoms with Crippen molar-refractivity contribution in [3.05, 3.63) is 53.2 Å². The standard InChI is InChI=1S/C17H13F3N4O3S/c1-8-6-9(28(2,26)27)7-10-14(8)22-23-15(17(21)25)16(10)24(20)12-5-3-4-11(18)13(12)19/h3-7H,1-2H3,(H2,21,25). The maximum absolute atomic E-state index is 15.2. The molecule has 1 aromatic heterocycles. The zero-order valence-electron chi connectivity index (χ0n) is 14.6. The van der Waals surface area contributed by atoms with Gasteiger partial charge in [0.1, 0.15) is 11.4 Å². The highest BCUT2D eigenvalue weighted by Gasteiger charge is 2.27. The summed E-state index contributed by atoms with van der Waals surface area (Å²) < 4.78 is 66.8. The molecular weight excluding hydrogens is 397 g/mol. The van der Waals surface area contributed by atoms with Gasteiger partial charge < -0.3 is 5.73 Å². The van der Waals surface area contributed by atoms with Crippen molar-refractivity contribution in [2.45, 2.75) is 11.8 Å². The average Bonchev–Trinajstić information content (AvgIpc) is 2.61. The number of rotatable bonds is 4. The fourth-order valence-corrected chi connectivity index (χ4v) is 3.40. The number of amides is 1. The summed E-state index contributed by atoms with van der Waals surface area (Å²) in [5.74, 6) is -4.02. The molecule has 3 rings (SSSR count). The molecule has 0 saturated heterocycles. The van der Waals surface area contributed by atoms with E-state index in [4.69, 9.17) is 5.73 Å². The van der Waals surface area contributed by atoms with Gasteiger partial charge in [0.2, 0.25) is 0 Å². The van der Waals surface area contributed by atoms with Gasteiger partial charge in [-0.2, -0.15) is 5.12 Å². The summed E-state index contributed by atoms with van der Waals surface area (Å²) in [4.78, 5) is 11.6. The van der Waals surface area contributed by atoms with E-state index in [1.807, 2.05) is 0 Å². The van der Waals surface area contributed by atoms with Crippen LogP contribution in [0.25, 0.3) is 10.9 Å². The van der Waals surface area contributed by atoms with Gasteiger partial charge in [0.25, 0.3) is 5.91 Å². The lowest BCUT2D eigenvalue weighted by molar-refractivity contribution is 0.0995. The molecular formula is C17H13F3N4O3S. The van der Waals surface area contributed by atoms with Gasteiger partial charge in [-0.1, -0.05) is 10.5 Å². The molecule has 0 atom stereocenters. The number of nitrogens with zero attached hydrogens (tertiary/aromatic N) is 3. The normalized spacial score (nSPS) is 11.6. The second-order valence-electron chi connectivity index (χ2n) is 6.02. The highest BCUT2D eigenvalue weighted by Crippen LogP contribution is 2.37. The highest BCUT2D eigenvalue weighted by molar-refractivity contribution is 7.90. The third-order valence-corrected chi connectivity index (χ3v) is 5.10. The molecule has 2 N–H and O–H groups in total. The average molecular weight is 410 g/mol. The van der Waals surface area contributed by atoms with Gasteiger partial charge in [-0.15, -0.1) is 10.2 Å². The van der Waals surface area contributed by atoms with Crippen LogP contribution in [0.15, 0.2) is 35.2 Å². The van der Waals surface area contributed by atoms with E-state index in [0.717, 1.165) is 30.5 Å². The molecule has 0 aliphatic carbocycles. The molecule has 0 aliphatic rings. The molecule has 0 saturated carbocycles. The first-order valence-electron chi connectivity index (χ1n) is 7.73. The first-order valence-corrected chi connectivity index (χ1v) is 9.62. The molecule has 146 valence electrons. The molecule has 2 aromatic carbocycles. The van der Waals surface area contributed by atoms with E-state index in [1.54, 1.807) is 0 Å². The van der Waals surface area contributed by atoms with Crippen molar-refractivity contribution in [2.24, 2.45) is 5.73 Å². The van der Waals surface area contributed by atoms with Gasteiger partial charge in [-0.3, -0.25) is 4.79 Å². The van der Waals surface area contributed by atoms with Crippen molar-refractivity contribution in [3.63, 3.8) is 0 Å². The number of benzene rings is 2. The minimum Gasteiger partial charge on any atom is -0.364 e. The molecule has 3 aromatic rings. The fraction of sp³-hybridized carbons (Fsp3) is 0.118. The van der Waals surface area contributed by atoms with Crippen molar-refractivity contribution < 1.29 is 26.5 Å². The summed E-state index contributed by atoms with van der Waals surface area (Å²) in [5.41, 5.74) is 3.44. The predicted molar refractivity (Wildman–Crippen MR) is 95.5 cm³/mol. The van der Waals surface area contributed by atoms with Crippen LogP contribution in [0.3, 0.4) is 0 Å². The number of hydrogen-bond donors (Lipinski definition) is 1. The summed E-state index contributed by atoms with van der Waals surface area (Å²) in [7, 11) is -3.71. The number of hydrogen-bond acceptors (Lipinski definition) is 6. The van der Waals surface area contributed by atoms with Crippen LogP contribution < -0.4 is 10.9 Å². The van der Waals surface area contributed by atoms with E-state index in [2.05, 4.69) is 10.2 Å². The molecule has 11 heteroatoms. The lowest BCUT2D eigenvalue weighted by atomic mass is 10.1. The Balaban J connectivity index is 2.44. The largest absolute Gasteiger partial charge is 0.364 e. The monoisotopic (exact) mass is 410 g/mol. The summed E-state index contributed by atoms with van der Waals surface area (Å²) >= 11 is 0. The number of aromatic nitrogens is 2. The van der Waals surface area contributed by atoms with Crippen molar-refractivity contribution >= 4 is 38.0 Å². The number of sulfone groups is 1. The van der Waals surface area contributed by atoms with Crippen LogP contribution in [-0.2, 0) is 9.84 Å². The van der Waals surface area contributed by atoms with Gasteiger partial charge in [0.15, 0.2) is 27.2 Å². The van der Waals surface area contributed by atoms with Crippen LogP contribution in [-0.4, -0.2) is 30.8 Å². The molecule has 0 unspecified atom stereocenters. The summed E-state index contributed by atoms with van der Waals surface area (Å²) in [5, 5.41) is 6.92. The maximum Gasteiger partial charge on any atom is 0.271 e. The van der Waals surface area contributed by atoms with E-state index in [1.165, 1.54) is 13.0 Å². The summed E-state index contributed by atoms with van der Waals surface area (Å²) in [6.45, 7) is 1.50. The number of fused-ring (bicyclic) bond motifs is 1. The molecule has 0 radical (unpaired) electrons. The molecule has 7 nitrogen and oxygen atoms in total. The molecule has 0 aliphatic heterocycles. The number of anilines is 2. The van der Waals surface area contributed by atoms with Crippen LogP contribution in [0, 0.1) is 18.6 Å². The second-order valence-corrected chi connectivity index (χ2v) is 8.04. The van der Waals surface area contributed by atoms with E-state index in [-0.39, 0.29) is 20.9 Å². The Bertz CT molecular complexity index is 1230. The summed E-state index contributed by atoms with van der Waals surface area (Å²) in [6.07, 6.45) is 0.941. The Morgan fingerprint density at radius 3 is 2.46 bits per heavy atom. The van der Waals surface area contributed by atoms with E-state index in [9.17, 15) is 22.0 Å². The quantitative estimate of drug-likeness (QED) is 0.663. The van der Waals surface area contributed by atoms with E-state index in [0.29, 0.717) is 5.56 Å². The minimum atomic E-state index is -3.71.